The lowest BCUT2D eigenvalue weighted by molar-refractivity contribution is -0.115. The summed E-state index contributed by atoms with van der Waals surface area (Å²) in [5.74, 6) is 0.895. The molecule has 0 bridgehead atoms. The molecule has 134 valence electrons. The molecule has 1 amide bonds. The van der Waals surface area contributed by atoms with Crippen molar-refractivity contribution >= 4 is 35.1 Å². The second-order valence-electron chi connectivity index (χ2n) is 5.53. The molecular formula is C20H15ClN4OS. The highest BCUT2D eigenvalue weighted by Crippen LogP contribution is 2.26. The summed E-state index contributed by atoms with van der Waals surface area (Å²) in [6, 6.07) is 18.4. The van der Waals surface area contributed by atoms with Crippen LogP contribution in [0.3, 0.4) is 0 Å². The summed E-state index contributed by atoms with van der Waals surface area (Å²) in [6.45, 7) is 0. The molecule has 2 heterocycles. The number of nitriles is 1. The minimum absolute atomic E-state index is 0.131. The molecule has 0 aliphatic carbocycles. The Labute approximate surface area is 166 Å². The minimum atomic E-state index is -0.131. The van der Waals surface area contributed by atoms with Crippen molar-refractivity contribution in [2.75, 3.05) is 11.1 Å². The van der Waals surface area contributed by atoms with Crippen molar-refractivity contribution in [2.24, 2.45) is 0 Å². The van der Waals surface area contributed by atoms with Gasteiger partial charge < -0.3 is 5.32 Å². The number of rotatable bonds is 6. The van der Waals surface area contributed by atoms with E-state index < -0.39 is 0 Å². The molecule has 1 N–H and O–H groups in total. The van der Waals surface area contributed by atoms with Crippen LogP contribution in [0, 0.1) is 11.3 Å². The Balaban J connectivity index is 1.65. The number of carbonyl (C=O) groups is 1. The molecule has 1 aromatic carbocycles. The highest BCUT2D eigenvalue weighted by Gasteiger charge is 2.10. The zero-order valence-corrected chi connectivity index (χ0v) is 15.8. The van der Waals surface area contributed by atoms with Crippen LogP contribution in [-0.2, 0) is 4.79 Å². The summed E-state index contributed by atoms with van der Waals surface area (Å²) in [5, 5.41) is 13.3. The van der Waals surface area contributed by atoms with E-state index in [9.17, 15) is 10.1 Å². The van der Waals surface area contributed by atoms with Crippen LogP contribution >= 0.6 is 23.4 Å². The molecule has 2 aromatic heterocycles. The molecule has 5 nitrogen and oxygen atoms in total. The second-order valence-corrected chi connectivity index (χ2v) is 7.05. The van der Waals surface area contributed by atoms with Gasteiger partial charge in [0.2, 0.25) is 5.91 Å². The Bertz CT molecular complexity index is 972. The number of pyridine rings is 2. The van der Waals surface area contributed by atoms with Gasteiger partial charge in [-0.2, -0.15) is 5.26 Å². The van der Waals surface area contributed by atoms with Crippen molar-refractivity contribution < 1.29 is 4.79 Å². The zero-order chi connectivity index (χ0) is 19.1. The first kappa shape index (κ1) is 18.9. The Morgan fingerprint density at radius 3 is 2.67 bits per heavy atom. The number of halogens is 1. The highest BCUT2D eigenvalue weighted by atomic mass is 35.5. The topological polar surface area (TPSA) is 78.7 Å². The van der Waals surface area contributed by atoms with Crippen molar-refractivity contribution in [1.29, 1.82) is 5.26 Å². The van der Waals surface area contributed by atoms with Gasteiger partial charge in [-0.05, 0) is 36.4 Å². The van der Waals surface area contributed by atoms with Crippen molar-refractivity contribution in [3.63, 3.8) is 0 Å². The van der Waals surface area contributed by atoms with Gasteiger partial charge in [0.1, 0.15) is 16.9 Å². The van der Waals surface area contributed by atoms with Crippen LogP contribution in [0.5, 0.6) is 0 Å². The van der Waals surface area contributed by atoms with Gasteiger partial charge in [0.15, 0.2) is 0 Å². The Morgan fingerprint density at radius 2 is 1.96 bits per heavy atom. The fraction of sp³-hybridized carbons (Fsp3) is 0.100. The number of nitrogens with one attached hydrogen (secondary N) is 1. The normalized spacial score (nSPS) is 10.2. The quantitative estimate of drug-likeness (QED) is 0.608. The summed E-state index contributed by atoms with van der Waals surface area (Å²) in [7, 11) is 0. The van der Waals surface area contributed by atoms with Crippen LogP contribution in [-0.4, -0.2) is 21.6 Å². The molecule has 0 saturated heterocycles. The molecule has 0 aliphatic rings. The smallest absolute Gasteiger partial charge is 0.226 e. The monoisotopic (exact) mass is 394 g/mol. The van der Waals surface area contributed by atoms with Gasteiger partial charge >= 0.3 is 0 Å². The average molecular weight is 395 g/mol. The molecule has 3 aromatic rings. The van der Waals surface area contributed by atoms with E-state index in [0.29, 0.717) is 33.6 Å². The standard InChI is InChI=1S/C20H15ClN4OS/c21-16-7-4-14(5-8-16)17-9-6-15(13-22)20(24-17)27-12-10-19(26)25-18-3-1-2-11-23-18/h1-9,11H,10,12H2,(H,23,25,26). The van der Waals surface area contributed by atoms with Gasteiger partial charge in [0.25, 0.3) is 0 Å². The van der Waals surface area contributed by atoms with E-state index in [0.717, 1.165) is 11.3 Å². The Morgan fingerprint density at radius 1 is 1.15 bits per heavy atom. The number of amides is 1. The number of anilines is 1. The molecule has 0 spiro atoms. The molecule has 0 radical (unpaired) electrons. The lowest BCUT2D eigenvalue weighted by Gasteiger charge is -2.07. The molecule has 3 rings (SSSR count). The molecule has 0 aliphatic heterocycles. The summed E-state index contributed by atoms with van der Waals surface area (Å²) >= 11 is 7.31. The number of hydrogen-bond acceptors (Lipinski definition) is 5. The summed E-state index contributed by atoms with van der Waals surface area (Å²) < 4.78 is 0. The fourth-order valence-electron chi connectivity index (χ4n) is 2.30. The lowest BCUT2D eigenvalue weighted by Crippen LogP contribution is -2.13. The third kappa shape index (κ3) is 5.30. The molecule has 0 unspecified atom stereocenters. The van der Waals surface area contributed by atoms with Crippen molar-refractivity contribution in [3.05, 3.63) is 71.4 Å². The first-order valence-electron chi connectivity index (χ1n) is 8.16. The summed E-state index contributed by atoms with van der Waals surface area (Å²) in [5.41, 5.74) is 2.16. The Hall–Kier alpha value is -2.88. The largest absolute Gasteiger partial charge is 0.311 e. The highest BCUT2D eigenvalue weighted by molar-refractivity contribution is 7.99. The minimum Gasteiger partial charge on any atom is -0.311 e. The van der Waals surface area contributed by atoms with Crippen molar-refractivity contribution in [3.8, 4) is 17.3 Å². The van der Waals surface area contributed by atoms with Gasteiger partial charge in [-0.1, -0.05) is 29.8 Å². The maximum Gasteiger partial charge on any atom is 0.226 e. The molecule has 0 atom stereocenters. The third-order valence-electron chi connectivity index (χ3n) is 3.62. The van der Waals surface area contributed by atoms with E-state index in [1.165, 1.54) is 11.8 Å². The number of carbonyl (C=O) groups excluding carboxylic acids is 1. The first-order chi connectivity index (χ1) is 13.2. The van der Waals surface area contributed by atoms with E-state index in [-0.39, 0.29) is 5.91 Å². The second kappa shape index (κ2) is 9.17. The number of aromatic nitrogens is 2. The maximum absolute atomic E-state index is 12.0. The molecule has 0 fully saturated rings. The van der Waals surface area contributed by atoms with E-state index in [2.05, 4.69) is 21.4 Å². The van der Waals surface area contributed by atoms with Crippen LogP contribution in [0.1, 0.15) is 12.0 Å². The number of benzene rings is 1. The fourth-order valence-corrected chi connectivity index (χ4v) is 3.34. The van der Waals surface area contributed by atoms with Crippen LogP contribution in [0.15, 0.2) is 65.8 Å². The SMILES string of the molecule is N#Cc1ccc(-c2ccc(Cl)cc2)nc1SCCC(=O)Nc1ccccn1. The number of thioether (sulfide) groups is 1. The van der Waals surface area contributed by atoms with Crippen molar-refractivity contribution in [1.82, 2.24) is 9.97 Å². The molecule has 7 heteroatoms. The molecule has 27 heavy (non-hydrogen) atoms. The number of hydrogen-bond donors (Lipinski definition) is 1. The van der Waals surface area contributed by atoms with Crippen LogP contribution in [0.2, 0.25) is 5.02 Å². The predicted octanol–water partition coefficient (Wildman–Crippen LogP) is 4.79. The third-order valence-corrected chi connectivity index (χ3v) is 4.87. The van der Waals surface area contributed by atoms with Crippen LogP contribution < -0.4 is 5.32 Å². The van der Waals surface area contributed by atoms with Gasteiger partial charge in [-0.25, -0.2) is 9.97 Å². The Kier molecular flexibility index (Phi) is 6.42. The van der Waals surface area contributed by atoms with E-state index in [4.69, 9.17) is 11.6 Å². The van der Waals surface area contributed by atoms with E-state index in [1.54, 1.807) is 42.6 Å². The average Bonchev–Trinajstić information content (AvgIpc) is 2.69. The maximum atomic E-state index is 12.0. The summed E-state index contributed by atoms with van der Waals surface area (Å²) in [4.78, 5) is 20.7. The van der Waals surface area contributed by atoms with E-state index >= 15 is 0 Å². The van der Waals surface area contributed by atoms with Crippen LogP contribution in [0.4, 0.5) is 5.82 Å². The first-order valence-corrected chi connectivity index (χ1v) is 9.53. The van der Waals surface area contributed by atoms with Crippen molar-refractivity contribution in [2.45, 2.75) is 11.4 Å². The number of nitrogens with zero attached hydrogens (tertiary/aromatic N) is 3. The zero-order valence-electron chi connectivity index (χ0n) is 14.2. The predicted molar refractivity (Wildman–Crippen MR) is 108 cm³/mol. The van der Waals surface area contributed by atoms with Gasteiger partial charge in [0, 0.05) is 29.0 Å². The lowest BCUT2D eigenvalue weighted by atomic mass is 10.1. The van der Waals surface area contributed by atoms with Gasteiger partial charge in [-0.15, -0.1) is 11.8 Å². The van der Waals surface area contributed by atoms with Gasteiger partial charge in [-0.3, -0.25) is 4.79 Å². The van der Waals surface area contributed by atoms with E-state index in [1.807, 2.05) is 18.2 Å². The van der Waals surface area contributed by atoms with Crippen LogP contribution in [0.25, 0.3) is 11.3 Å². The molecular weight excluding hydrogens is 380 g/mol. The summed E-state index contributed by atoms with van der Waals surface area (Å²) in [6.07, 6.45) is 1.91. The van der Waals surface area contributed by atoms with Gasteiger partial charge in [0.05, 0.1) is 11.3 Å². The molecule has 0 saturated carbocycles.